The first-order valence-electron chi connectivity index (χ1n) is 15.8. The highest BCUT2D eigenvalue weighted by Gasteiger charge is 2.39. The molecule has 246 valence electrons. The van der Waals surface area contributed by atoms with E-state index < -0.39 is 11.9 Å². The molecule has 47 heavy (non-hydrogen) atoms. The maximum atomic E-state index is 13.3. The Morgan fingerprint density at radius 1 is 1.02 bits per heavy atom. The third-order valence-electron chi connectivity index (χ3n) is 8.98. The normalized spacial score (nSPS) is 18.3. The minimum absolute atomic E-state index is 0.0596. The zero-order chi connectivity index (χ0) is 33.1. The van der Waals surface area contributed by atoms with Crippen LogP contribution < -0.4 is 20.3 Å². The first kappa shape index (κ1) is 32.5. The van der Waals surface area contributed by atoms with E-state index in [1.165, 1.54) is 4.90 Å². The van der Waals surface area contributed by atoms with Crippen LogP contribution in [0.2, 0.25) is 5.02 Å². The summed E-state index contributed by atoms with van der Waals surface area (Å²) in [6.45, 7) is 6.55. The van der Waals surface area contributed by atoms with Gasteiger partial charge in [-0.1, -0.05) is 35.9 Å². The lowest BCUT2D eigenvalue weighted by molar-refractivity contribution is -0.136. The predicted molar refractivity (Wildman–Crippen MR) is 176 cm³/mol. The van der Waals surface area contributed by atoms with E-state index in [1.54, 1.807) is 18.2 Å². The third-order valence-corrected chi connectivity index (χ3v) is 9.39. The Hall–Kier alpha value is -4.45. The number of aliphatic hydroxyl groups is 1. The Morgan fingerprint density at radius 2 is 1.81 bits per heavy atom. The number of piperidine rings is 1. The van der Waals surface area contributed by atoms with Crippen LogP contribution in [0.1, 0.15) is 55.8 Å². The van der Waals surface area contributed by atoms with E-state index >= 15 is 0 Å². The van der Waals surface area contributed by atoms with Crippen LogP contribution in [0.4, 0.5) is 5.69 Å². The summed E-state index contributed by atoms with van der Waals surface area (Å²) in [7, 11) is 0. The highest BCUT2D eigenvalue weighted by atomic mass is 35.5. The molecule has 11 nitrogen and oxygen atoms in total. The van der Waals surface area contributed by atoms with E-state index in [9.17, 15) is 24.3 Å². The molecule has 3 heterocycles. The second-order valence-corrected chi connectivity index (χ2v) is 12.6. The fraction of sp³-hybridized carbons (Fsp3) is 0.371. The van der Waals surface area contributed by atoms with Gasteiger partial charge in [0, 0.05) is 68.5 Å². The molecule has 1 unspecified atom stereocenters. The van der Waals surface area contributed by atoms with Crippen LogP contribution in [0.5, 0.6) is 5.75 Å². The van der Waals surface area contributed by atoms with Crippen LogP contribution >= 0.6 is 11.6 Å². The summed E-state index contributed by atoms with van der Waals surface area (Å²) in [5.41, 5.74) is 5.64. The van der Waals surface area contributed by atoms with Gasteiger partial charge in [0.1, 0.15) is 18.4 Å². The van der Waals surface area contributed by atoms with Crippen molar-refractivity contribution in [2.75, 3.05) is 44.3 Å². The molecular weight excluding hydrogens is 622 g/mol. The number of benzene rings is 3. The zero-order valence-corrected chi connectivity index (χ0v) is 27.0. The number of imide groups is 1. The summed E-state index contributed by atoms with van der Waals surface area (Å²) in [6.07, 6.45) is 0.494. The van der Waals surface area contributed by atoms with Crippen molar-refractivity contribution in [1.82, 2.24) is 20.4 Å². The Balaban J connectivity index is 1.06. The number of rotatable bonds is 10. The number of carbonyl (C=O) groups excluding carboxylic acids is 4. The summed E-state index contributed by atoms with van der Waals surface area (Å²) in [6, 6.07) is 16.4. The second-order valence-electron chi connectivity index (χ2n) is 12.2. The molecule has 3 aliphatic rings. The number of amides is 4. The summed E-state index contributed by atoms with van der Waals surface area (Å²) < 4.78 is 5.80. The van der Waals surface area contributed by atoms with Crippen molar-refractivity contribution < 1.29 is 29.0 Å². The number of nitrogens with zero attached hydrogens (tertiary/aromatic N) is 3. The SMILES string of the molecule is Cc1ccc(N2CCN(Cc3ccc(C(=O)NCc4ccc5c(c4)CN(C4CCC(=O)NC4=O)C5=O)c(OCCO)c3)CC2)cc1Cl. The maximum Gasteiger partial charge on any atom is 0.255 e. The van der Waals surface area contributed by atoms with E-state index in [-0.39, 0.29) is 50.4 Å². The molecule has 0 aliphatic carbocycles. The van der Waals surface area contributed by atoms with Crippen molar-refractivity contribution in [3.8, 4) is 5.75 Å². The highest BCUT2D eigenvalue weighted by Crippen LogP contribution is 2.29. The number of halogens is 1. The third kappa shape index (κ3) is 7.27. The topological polar surface area (TPSA) is 132 Å². The highest BCUT2D eigenvalue weighted by molar-refractivity contribution is 6.31. The fourth-order valence-electron chi connectivity index (χ4n) is 6.34. The largest absolute Gasteiger partial charge is 0.490 e. The number of aryl methyl sites for hydroxylation is 1. The Bertz CT molecular complexity index is 1710. The van der Waals surface area contributed by atoms with Gasteiger partial charge in [0.05, 0.1) is 12.2 Å². The van der Waals surface area contributed by atoms with E-state index in [0.717, 1.165) is 59.1 Å². The van der Waals surface area contributed by atoms with Crippen molar-refractivity contribution in [2.24, 2.45) is 0 Å². The predicted octanol–water partition coefficient (Wildman–Crippen LogP) is 3.03. The quantitative estimate of drug-likeness (QED) is 0.283. The molecule has 3 N–H and O–H groups in total. The molecule has 0 aromatic heterocycles. The minimum Gasteiger partial charge on any atom is -0.490 e. The number of aliphatic hydroxyl groups excluding tert-OH is 1. The molecule has 2 saturated heterocycles. The minimum atomic E-state index is -0.682. The molecule has 0 spiro atoms. The van der Waals surface area contributed by atoms with Crippen LogP contribution in [0.3, 0.4) is 0 Å². The average Bonchev–Trinajstić information content (AvgIpc) is 3.39. The summed E-state index contributed by atoms with van der Waals surface area (Å²) >= 11 is 6.34. The monoisotopic (exact) mass is 659 g/mol. The van der Waals surface area contributed by atoms with Gasteiger partial charge in [-0.15, -0.1) is 0 Å². The average molecular weight is 660 g/mol. The van der Waals surface area contributed by atoms with E-state index in [4.69, 9.17) is 16.3 Å². The van der Waals surface area contributed by atoms with Crippen molar-refractivity contribution in [2.45, 2.75) is 45.4 Å². The lowest BCUT2D eigenvalue weighted by atomic mass is 10.0. The maximum absolute atomic E-state index is 13.3. The number of carbonyl (C=O) groups is 4. The molecule has 3 aliphatic heterocycles. The summed E-state index contributed by atoms with van der Waals surface area (Å²) in [5, 5.41) is 15.4. The number of hydrogen-bond donors (Lipinski definition) is 3. The van der Waals surface area contributed by atoms with Gasteiger partial charge in [0.15, 0.2) is 0 Å². The van der Waals surface area contributed by atoms with Crippen molar-refractivity contribution in [3.63, 3.8) is 0 Å². The number of ether oxygens (including phenoxy) is 1. The van der Waals surface area contributed by atoms with Crippen molar-refractivity contribution >= 4 is 40.9 Å². The first-order valence-corrected chi connectivity index (χ1v) is 16.2. The van der Waals surface area contributed by atoms with Gasteiger partial charge in [-0.2, -0.15) is 0 Å². The van der Waals surface area contributed by atoms with Crippen molar-refractivity contribution in [1.29, 1.82) is 0 Å². The fourth-order valence-corrected chi connectivity index (χ4v) is 6.52. The van der Waals surface area contributed by atoms with Crippen LogP contribution in [0.25, 0.3) is 0 Å². The molecule has 2 fully saturated rings. The van der Waals surface area contributed by atoms with Crippen LogP contribution in [0.15, 0.2) is 54.6 Å². The summed E-state index contributed by atoms with van der Waals surface area (Å²) in [4.78, 5) is 56.4. The van der Waals surface area contributed by atoms with Gasteiger partial charge in [-0.3, -0.25) is 29.4 Å². The molecule has 3 aromatic carbocycles. The lowest BCUT2D eigenvalue weighted by Gasteiger charge is -2.36. The Kier molecular flexibility index (Phi) is 9.76. The van der Waals surface area contributed by atoms with Gasteiger partial charge < -0.3 is 25.0 Å². The smallest absolute Gasteiger partial charge is 0.255 e. The molecular formula is C35H38ClN5O6. The van der Waals surface area contributed by atoms with Gasteiger partial charge >= 0.3 is 0 Å². The number of fused-ring (bicyclic) bond motifs is 1. The molecule has 6 rings (SSSR count). The van der Waals surface area contributed by atoms with Gasteiger partial charge in [0.2, 0.25) is 11.8 Å². The van der Waals surface area contributed by atoms with Gasteiger partial charge in [-0.25, -0.2) is 0 Å². The lowest BCUT2D eigenvalue weighted by Crippen LogP contribution is -2.52. The summed E-state index contributed by atoms with van der Waals surface area (Å²) in [5.74, 6) is -0.939. The molecule has 0 bridgehead atoms. The number of nitrogens with one attached hydrogen (secondary N) is 2. The van der Waals surface area contributed by atoms with Gasteiger partial charge in [0.25, 0.3) is 11.8 Å². The molecule has 0 radical (unpaired) electrons. The molecule has 12 heteroatoms. The van der Waals surface area contributed by atoms with Crippen LogP contribution in [-0.2, 0) is 29.2 Å². The zero-order valence-electron chi connectivity index (χ0n) is 26.3. The van der Waals surface area contributed by atoms with E-state index in [0.29, 0.717) is 29.8 Å². The Morgan fingerprint density at radius 3 is 2.55 bits per heavy atom. The van der Waals surface area contributed by atoms with Crippen molar-refractivity contribution in [3.05, 3.63) is 93.0 Å². The number of piperazine rings is 1. The molecule has 0 saturated carbocycles. The number of hydrogen-bond acceptors (Lipinski definition) is 8. The standard InChI is InChI=1S/C35H38ClN5O6/c1-22-2-5-26(18-29(22)36)40-12-10-39(11-13-40)20-24-4-7-28(31(17-24)47-15-14-42)33(44)37-19-23-3-6-27-25(16-23)21-41(35(27)46)30-8-9-32(43)38-34(30)45/h2-7,16-18,30,42H,8-15,19-21H2,1H3,(H,37,44)(H,38,43,45). The van der Waals surface area contributed by atoms with Crippen LogP contribution in [0, 0.1) is 6.92 Å². The Labute approximate surface area is 278 Å². The van der Waals surface area contributed by atoms with E-state index in [2.05, 4.69) is 26.5 Å². The molecule has 3 aromatic rings. The molecule has 1 atom stereocenters. The van der Waals surface area contributed by atoms with E-state index in [1.807, 2.05) is 37.3 Å². The van der Waals surface area contributed by atoms with Crippen LogP contribution in [-0.4, -0.2) is 84.0 Å². The molecule has 4 amide bonds. The number of anilines is 1. The first-order chi connectivity index (χ1) is 22.7. The second kappa shape index (κ2) is 14.1. The van der Waals surface area contributed by atoms with Gasteiger partial charge in [-0.05, 0) is 65.9 Å².